The van der Waals surface area contributed by atoms with Gasteiger partial charge in [-0.05, 0) is 50.2 Å². The Hall–Kier alpha value is -3.56. The number of amides is 1. The molecule has 1 aliphatic heterocycles. The third kappa shape index (κ3) is 3.81. The molecule has 1 unspecified atom stereocenters. The third-order valence-corrected chi connectivity index (χ3v) is 7.46. The number of anilines is 1. The molecule has 3 fully saturated rings. The monoisotopic (exact) mass is 480 g/mol. The van der Waals surface area contributed by atoms with Crippen LogP contribution in [0, 0.1) is 12.3 Å². The van der Waals surface area contributed by atoms with E-state index in [-0.39, 0.29) is 23.3 Å². The van der Waals surface area contributed by atoms with Crippen molar-refractivity contribution in [1.29, 1.82) is 0 Å². The molecule has 35 heavy (non-hydrogen) atoms. The van der Waals surface area contributed by atoms with Crippen molar-refractivity contribution >= 4 is 11.9 Å². The van der Waals surface area contributed by atoms with Crippen molar-refractivity contribution in [2.45, 2.75) is 50.4 Å². The van der Waals surface area contributed by atoms with Crippen LogP contribution in [0.3, 0.4) is 0 Å². The molecule has 7 nitrogen and oxygen atoms in total. The van der Waals surface area contributed by atoms with Gasteiger partial charge < -0.3 is 10.2 Å². The van der Waals surface area contributed by atoms with Gasteiger partial charge in [-0.25, -0.2) is 19.9 Å². The van der Waals surface area contributed by atoms with Crippen LogP contribution in [0.1, 0.15) is 47.2 Å². The molecule has 1 saturated heterocycles. The van der Waals surface area contributed by atoms with Gasteiger partial charge in [-0.15, -0.1) is 0 Å². The van der Waals surface area contributed by atoms with E-state index in [0.29, 0.717) is 29.9 Å². The first kappa shape index (κ1) is 21.9. The average Bonchev–Trinajstić information content (AvgIpc) is 3.71. The molecule has 3 aromatic rings. The van der Waals surface area contributed by atoms with E-state index >= 15 is 0 Å². The van der Waals surface area contributed by atoms with Gasteiger partial charge in [0.15, 0.2) is 5.82 Å². The Kier molecular flexibility index (Phi) is 4.68. The molecule has 10 heteroatoms. The Labute approximate surface area is 199 Å². The van der Waals surface area contributed by atoms with Crippen LogP contribution in [0.15, 0.2) is 49.1 Å². The van der Waals surface area contributed by atoms with Crippen molar-refractivity contribution in [1.82, 2.24) is 24.8 Å². The number of aryl methyl sites for hydroxylation is 1. The number of likely N-dealkylation sites (tertiary alicyclic amines) is 1. The number of nitrogens with one attached hydrogen (secondary N) is 1. The number of carbonyl (C=O) groups is 1. The highest BCUT2D eigenvalue weighted by Gasteiger charge is 2.70. The zero-order valence-corrected chi connectivity index (χ0v) is 19.0. The van der Waals surface area contributed by atoms with E-state index in [1.54, 1.807) is 18.5 Å². The molecular weight excluding hydrogens is 457 g/mol. The second-order valence-corrected chi connectivity index (χ2v) is 9.99. The van der Waals surface area contributed by atoms with Gasteiger partial charge in [0.05, 0.1) is 22.7 Å². The number of halogens is 3. The van der Waals surface area contributed by atoms with E-state index in [4.69, 9.17) is 0 Å². The molecule has 1 N–H and O–H groups in total. The van der Waals surface area contributed by atoms with Crippen molar-refractivity contribution in [2.24, 2.45) is 5.41 Å². The van der Waals surface area contributed by atoms with Crippen molar-refractivity contribution in [3.05, 3.63) is 65.7 Å². The van der Waals surface area contributed by atoms with E-state index in [0.717, 1.165) is 37.2 Å². The van der Waals surface area contributed by atoms with Gasteiger partial charge in [-0.3, -0.25) is 4.79 Å². The zero-order valence-electron chi connectivity index (χ0n) is 19.0. The van der Waals surface area contributed by atoms with Gasteiger partial charge in [0.25, 0.3) is 5.91 Å². The smallest absolute Gasteiger partial charge is 0.349 e. The van der Waals surface area contributed by atoms with Crippen molar-refractivity contribution in [3.8, 4) is 11.4 Å². The van der Waals surface area contributed by atoms with Gasteiger partial charge in [0, 0.05) is 36.9 Å². The predicted molar refractivity (Wildman–Crippen MR) is 121 cm³/mol. The van der Waals surface area contributed by atoms with Gasteiger partial charge in [-0.1, -0.05) is 17.7 Å². The molecule has 1 amide bonds. The minimum absolute atomic E-state index is 0.0717. The summed E-state index contributed by atoms with van der Waals surface area (Å²) in [7, 11) is 0. The fraction of sp³-hybridized carbons (Fsp3) is 0.400. The van der Waals surface area contributed by atoms with Gasteiger partial charge in [0.2, 0.25) is 5.95 Å². The highest BCUT2D eigenvalue weighted by atomic mass is 19.4. The molecule has 3 aliphatic rings. The van der Waals surface area contributed by atoms with Crippen LogP contribution in [0.25, 0.3) is 11.4 Å². The summed E-state index contributed by atoms with van der Waals surface area (Å²) >= 11 is 0. The zero-order chi connectivity index (χ0) is 24.4. The first-order chi connectivity index (χ1) is 16.7. The fourth-order valence-electron chi connectivity index (χ4n) is 5.37. The molecule has 0 radical (unpaired) electrons. The number of aromatic nitrogens is 4. The number of hydrogen-bond donors (Lipinski definition) is 1. The molecule has 0 bridgehead atoms. The molecule has 1 aromatic carbocycles. The summed E-state index contributed by atoms with van der Waals surface area (Å²) in [6, 6.07) is 7.31. The maximum Gasteiger partial charge on any atom is 0.419 e. The normalized spacial score (nSPS) is 24.1. The first-order valence-corrected chi connectivity index (χ1v) is 11.6. The second-order valence-electron chi connectivity index (χ2n) is 9.99. The number of carbonyl (C=O) groups excluding carboxylic acids is 1. The quantitative estimate of drug-likeness (QED) is 0.592. The molecule has 2 aliphatic carbocycles. The second kappa shape index (κ2) is 7.47. The largest absolute Gasteiger partial charge is 0.419 e. The maximum atomic E-state index is 14.0. The number of rotatable bonds is 4. The van der Waals surface area contributed by atoms with Gasteiger partial charge >= 0.3 is 6.18 Å². The molecule has 2 atom stereocenters. The Balaban J connectivity index is 1.29. The summed E-state index contributed by atoms with van der Waals surface area (Å²) in [4.78, 5) is 32.4. The lowest BCUT2D eigenvalue weighted by atomic mass is 10.0. The van der Waals surface area contributed by atoms with Crippen LogP contribution < -0.4 is 5.32 Å². The lowest BCUT2D eigenvalue weighted by Crippen LogP contribution is -2.41. The Morgan fingerprint density at radius 2 is 1.83 bits per heavy atom. The lowest BCUT2D eigenvalue weighted by molar-refractivity contribution is -0.138. The number of nitrogens with zero attached hydrogens (tertiary/aromatic N) is 5. The predicted octanol–water partition coefficient (Wildman–Crippen LogP) is 4.51. The van der Waals surface area contributed by atoms with Crippen LogP contribution in [0.4, 0.5) is 19.1 Å². The number of hydrogen-bond acceptors (Lipinski definition) is 6. The van der Waals surface area contributed by atoms with Crippen molar-refractivity contribution < 1.29 is 18.0 Å². The Bertz CT molecular complexity index is 1290. The van der Waals surface area contributed by atoms with Crippen LogP contribution in [0.5, 0.6) is 0 Å². The highest BCUT2D eigenvalue weighted by molar-refractivity contribution is 6.01. The Morgan fingerprint density at radius 1 is 1.11 bits per heavy atom. The summed E-state index contributed by atoms with van der Waals surface area (Å²) < 4.78 is 38.6. The van der Waals surface area contributed by atoms with Crippen LogP contribution in [-0.2, 0) is 6.18 Å². The maximum absolute atomic E-state index is 14.0. The summed E-state index contributed by atoms with van der Waals surface area (Å²) in [5.74, 6) is 0.560. The van der Waals surface area contributed by atoms with Crippen LogP contribution >= 0.6 is 0 Å². The number of benzene rings is 1. The minimum Gasteiger partial charge on any atom is -0.349 e. The van der Waals surface area contributed by atoms with Gasteiger partial charge in [0.1, 0.15) is 0 Å². The summed E-state index contributed by atoms with van der Waals surface area (Å²) in [5, 5.41) is 3.18. The van der Waals surface area contributed by atoms with E-state index in [1.807, 2.05) is 30.0 Å². The lowest BCUT2D eigenvalue weighted by Gasteiger charge is -2.27. The standard InChI is InChI=1S/C25H23F3N6O/c1-15-3-4-17(20-29-7-2-8-30-20)18(9-15)21(35)34-14-23(5-6-23)13-24(34)10-19(24)33-22-31-11-16(12-32-22)25(26,27)28/h2-4,7-9,11-12,19H,5-6,10,13-14H2,1H3,(H,31,32,33)/t19-,24?/m0/s1. The van der Waals surface area contributed by atoms with Crippen molar-refractivity contribution in [2.75, 3.05) is 11.9 Å². The van der Waals surface area contributed by atoms with Crippen LogP contribution in [0.2, 0.25) is 0 Å². The SMILES string of the molecule is Cc1ccc(-c2ncccn2)c(C(=O)N2CC3(CC3)CC23C[C@@H]3Nc2ncc(C(F)(F)F)cn2)c1. The molecule has 6 rings (SSSR count). The van der Waals surface area contributed by atoms with Crippen LogP contribution in [-0.4, -0.2) is 48.9 Å². The molecule has 2 spiro atoms. The summed E-state index contributed by atoms with van der Waals surface area (Å²) in [5.41, 5.74) is 1.04. The highest BCUT2D eigenvalue weighted by Crippen LogP contribution is 2.65. The Morgan fingerprint density at radius 3 is 2.49 bits per heavy atom. The van der Waals surface area contributed by atoms with E-state index < -0.39 is 17.3 Å². The third-order valence-electron chi connectivity index (χ3n) is 7.46. The molecule has 2 aromatic heterocycles. The van der Waals surface area contributed by atoms with E-state index in [9.17, 15) is 18.0 Å². The van der Waals surface area contributed by atoms with Gasteiger partial charge in [-0.2, -0.15) is 13.2 Å². The van der Waals surface area contributed by atoms with E-state index in [1.165, 1.54) is 0 Å². The van der Waals surface area contributed by atoms with Crippen molar-refractivity contribution in [3.63, 3.8) is 0 Å². The average molecular weight is 480 g/mol. The fourth-order valence-corrected chi connectivity index (χ4v) is 5.37. The molecule has 3 heterocycles. The first-order valence-electron chi connectivity index (χ1n) is 11.6. The van der Waals surface area contributed by atoms with E-state index in [2.05, 4.69) is 25.3 Å². The molecular formula is C25H23F3N6O. The molecule has 180 valence electrons. The minimum atomic E-state index is -4.49. The number of alkyl halides is 3. The topological polar surface area (TPSA) is 83.9 Å². The molecule has 2 saturated carbocycles. The summed E-state index contributed by atoms with van der Waals surface area (Å²) in [6.07, 6.45) is 4.10. The summed E-state index contributed by atoms with van der Waals surface area (Å²) in [6.45, 7) is 2.61.